The second-order valence-corrected chi connectivity index (χ2v) is 4.64. The molecule has 0 fully saturated rings. The molecule has 0 saturated carbocycles. The Morgan fingerprint density at radius 2 is 1.95 bits per heavy atom. The van der Waals surface area contributed by atoms with E-state index in [1.807, 2.05) is 30.5 Å². The van der Waals surface area contributed by atoms with Crippen molar-refractivity contribution in [1.29, 1.82) is 0 Å². The molecule has 2 aromatic heterocycles. The first kappa shape index (κ1) is 13.5. The van der Waals surface area contributed by atoms with Crippen LogP contribution in [0.3, 0.4) is 0 Å². The normalized spacial score (nSPS) is 11.8. The zero-order chi connectivity index (χ0) is 14.9. The molecule has 0 spiro atoms. The number of hydrogen-bond acceptors (Lipinski definition) is 2. The lowest BCUT2D eigenvalue weighted by molar-refractivity contribution is -0.141. The number of hydrogen-bond donors (Lipinski definition) is 2. The van der Waals surface area contributed by atoms with Crippen molar-refractivity contribution in [1.82, 2.24) is 9.97 Å². The van der Waals surface area contributed by atoms with Gasteiger partial charge >= 0.3 is 6.18 Å². The average molecular weight is 291 g/mol. The maximum atomic E-state index is 12.4. The summed E-state index contributed by atoms with van der Waals surface area (Å²) in [5.41, 5.74) is 1.72. The zero-order valence-corrected chi connectivity index (χ0v) is 10.9. The van der Waals surface area contributed by atoms with Crippen LogP contribution in [-0.4, -0.2) is 9.97 Å². The molecule has 0 atom stereocenters. The van der Waals surface area contributed by atoms with Crippen LogP contribution in [0, 0.1) is 0 Å². The summed E-state index contributed by atoms with van der Waals surface area (Å²) in [5.74, 6) is 0. The minimum atomic E-state index is -4.41. The van der Waals surface area contributed by atoms with E-state index in [1.165, 1.54) is 12.3 Å². The molecule has 6 heteroatoms. The van der Waals surface area contributed by atoms with Gasteiger partial charge in [0.15, 0.2) is 0 Å². The number of rotatable bonds is 3. The topological polar surface area (TPSA) is 40.7 Å². The minimum absolute atomic E-state index is 0.505. The Bertz CT molecular complexity index is 745. The van der Waals surface area contributed by atoms with E-state index in [4.69, 9.17) is 0 Å². The highest BCUT2D eigenvalue weighted by molar-refractivity contribution is 5.82. The molecule has 21 heavy (non-hydrogen) atoms. The largest absolute Gasteiger partial charge is 0.433 e. The first-order valence-electron chi connectivity index (χ1n) is 6.36. The van der Waals surface area contributed by atoms with Crippen LogP contribution in [0.5, 0.6) is 0 Å². The summed E-state index contributed by atoms with van der Waals surface area (Å²) < 4.78 is 37.3. The third-order valence-corrected chi connectivity index (χ3v) is 3.21. The Kier molecular flexibility index (Phi) is 3.29. The van der Waals surface area contributed by atoms with E-state index in [0.717, 1.165) is 22.5 Å². The third-order valence-electron chi connectivity index (χ3n) is 3.21. The number of benzene rings is 1. The molecule has 2 N–H and O–H groups in total. The lowest BCUT2D eigenvalue weighted by Gasteiger charge is -2.09. The zero-order valence-electron chi connectivity index (χ0n) is 10.9. The number of anilines is 1. The van der Waals surface area contributed by atoms with Crippen LogP contribution in [0.15, 0.2) is 48.8 Å². The first-order chi connectivity index (χ1) is 10.0. The molecule has 3 nitrogen and oxygen atoms in total. The third kappa shape index (κ3) is 2.84. The van der Waals surface area contributed by atoms with Crippen molar-refractivity contribution in [2.75, 3.05) is 5.32 Å². The smallest absolute Gasteiger partial charge is 0.380 e. The maximum absolute atomic E-state index is 12.4. The molecular weight excluding hydrogens is 279 g/mol. The molecule has 3 rings (SSSR count). The Morgan fingerprint density at radius 3 is 2.67 bits per heavy atom. The number of pyridine rings is 1. The summed E-state index contributed by atoms with van der Waals surface area (Å²) in [7, 11) is 0. The number of H-pyrrole nitrogens is 1. The van der Waals surface area contributed by atoms with Crippen molar-refractivity contribution in [3.63, 3.8) is 0 Å². The predicted octanol–water partition coefficient (Wildman–Crippen LogP) is 4.19. The van der Waals surface area contributed by atoms with Crippen molar-refractivity contribution in [2.24, 2.45) is 0 Å². The van der Waals surface area contributed by atoms with Crippen LogP contribution >= 0.6 is 0 Å². The molecule has 0 unspecified atom stereocenters. The number of aromatic amines is 1. The number of nitrogens with one attached hydrogen (secondary N) is 2. The highest BCUT2D eigenvalue weighted by Crippen LogP contribution is 2.28. The summed E-state index contributed by atoms with van der Waals surface area (Å²) in [5, 5.41) is 4.17. The summed E-state index contributed by atoms with van der Waals surface area (Å²) in [6, 6.07) is 10.2. The van der Waals surface area contributed by atoms with Gasteiger partial charge in [-0.3, -0.25) is 0 Å². The number of para-hydroxylation sites is 1. The van der Waals surface area contributed by atoms with E-state index in [2.05, 4.69) is 15.3 Å². The molecule has 1 aromatic carbocycles. The molecule has 0 aliphatic rings. The van der Waals surface area contributed by atoms with Crippen LogP contribution in [-0.2, 0) is 12.7 Å². The van der Waals surface area contributed by atoms with Crippen LogP contribution in [0.25, 0.3) is 10.9 Å². The van der Waals surface area contributed by atoms with Gasteiger partial charge in [-0.05, 0) is 29.1 Å². The SMILES string of the molecule is FC(F)(F)c1ccc(NCc2cccc3cc[nH]c23)cn1. The number of nitrogens with zero attached hydrogens (tertiary/aromatic N) is 1. The number of alkyl halides is 3. The van der Waals surface area contributed by atoms with Gasteiger partial charge < -0.3 is 10.3 Å². The lowest BCUT2D eigenvalue weighted by Crippen LogP contribution is -2.08. The molecule has 0 amide bonds. The minimum Gasteiger partial charge on any atom is -0.380 e. The fourth-order valence-corrected chi connectivity index (χ4v) is 2.16. The number of aromatic nitrogens is 2. The van der Waals surface area contributed by atoms with Gasteiger partial charge in [0.05, 0.1) is 17.4 Å². The Balaban J connectivity index is 1.74. The Morgan fingerprint density at radius 1 is 1.10 bits per heavy atom. The van der Waals surface area contributed by atoms with Gasteiger partial charge in [0.1, 0.15) is 5.69 Å². The molecular formula is C15H12F3N3. The summed E-state index contributed by atoms with van der Waals surface area (Å²) in [6.07, 6.45) is -1.36. The summed E-state index contributed by atoms with van der Waals surface area (Å²) in [4.78, 5) is 6.57. The van der Waals surface area contributed by atoms with Gasteiger partial charge in [-0.1, -0.05) is 18.2 Å². The Labute approximate surface area is 118 Å². The van der Waals surface area contributed by atoms with Gasteiger partial charge in [-0.25, -0.2) is 4.98 Å². The second-order valence-electron chi connectivity index (χ2n) is 4.64. The molecule has 0 aliphatic heterocycles. The number of fused-ring (bicyclic) bond motifs is 1. The first-order valence-corrected chi connectivity index (χ1v) is 6.36. The van der Waals surface area contributed by atoms with Gasteiger partial charge in [0.2, 0.25) is 0 Å². The van der Waals surface area contributed by atoms with Crippen LogP contribution in [0.1, 0.15) is 11.3 Å². The highest BCUT2D eigenvalue weighted by Gasteiger charge is 2.31. The predicted molar refractivity (Wildman–Crippen MR) is 74.9 cm³/mol. The summed E-state index contributed by atoms with van der Waals surface area (Å²) >= 11 is 0. The van der Waals surface area contributed by atoms with Gasteiger partial charge in [-0.2, -0.15) is 13.2 Å². The van der Waals surface area contributed by atoms with Crippen molar-refractivity contribution in [3.05, 3.63) is 60.0 Å². The standard InChI is InChI=1S/C15H12F3N3/c16-15(17,18)13-5-4-12(9-21-13)20-8-11-3-1-2-10-6-7-19-14(10)11/h1-7,9,19-20H,8H2. The quantitative estimate of drug-likeness (QED) is 0.759. The average Bonchev–Trinajstić information content (AvgIpc) is 2.93. The van der Waals surface area contributed by atoms with E-state index in [-0.39, 0.29) is 0 Å². The van der Waals surface area contributed by atoms with E-state index >= 15 is 0 Å². The molecule has 0 aliphatic carbocycles. The fourth-order valence-electron chi connectivity index (χ4n) is 2.16. The van der Waals surface area contributed by atoms with Gasteiger partial charge in [-0.15, -0.1) is 0 Å². The van der Waals surface area contributed by atoms with E-state index < -0.39 is 11.9 Å². The molecule has 2 heterocycles. The molecule has 0 radical (unpaired) electrons. The van der Waals surface area contributed by atoms with E-state index in [9.17, 15) is 13.2 Å². The van der Waals surface area contributed by atoms with Crippen molar-refractivity contribution < 1.29 is 13.2 Å². The van der Waals surface area contributed by atoms with Crippen molar-refractivity contribution >= 4 is 16.6 Å². The highest BCUT2D eigenvalue weighted by atomic mass is 19.4. The molecule has 108 valence electrons. The van der Waals surface area contributed by atoms with Gasteiger partial charge in [0, 0.05) is 12.7 Å². The second kappa shape index (κ2) is 5.12. The molecule has 3 aromatic rings. The van der Waals surface area contributed by atoms with E-state index in [0.29, 0.717) is 12.2 Å². The van der Waals surface area contributed by atoms with Crippen LogP contribution in [0.4, 0.5) is 18.9 Å². The van der Waals surface area contributed by atoms with Crippen LogP contribution < -0.4 is 5.32 Å². The number of halogens is 3. The van der Waals surface area contributed by atoms with Crippen LogP contribution in [0.2, 0.25) is 0 Å². The monoisotopic (exact) mass is 291 g/mol. The molecule has 0 bridgehead atoms. The van der Waals surface area contributed by atoms with Crippen molar-refractivity contribution in [2.45, 2.75) is 12.7 Å². The Hall–Kier alpha value is -2.50. The van der Waals surface area contributed by atoms with Gasteiger partial charge in [0.25, 0.3) is 0 Å². The molecule has 0 saturated heterocycles. The van der Waals surface area contributed by atoms with E-state index in [1.54, 1.807) is 0 Å². The maximum Gasteiger partial charge on any atom is 0.433 e. The lowest BCUT2D eigenvalue weighted by atomic mass is 10.1. The summed E-state index contributed by atoms with van der Waals surface area (Å²) in [6.45, 7) is 0.505. The fraction of sp³-hybridized carbons (Fsp3) is 0.133. The van der Waals surface area contributed by atoms with Crippen molar-refractivity contribution in [3.8, 4) is 0 Å².